The zero-order valence-electron chi connectivity index (χ0n) is 10.5. The van der Waals surface area contributed by atoms with Gasteiger partial charge in [-0.1, -0.05) is 22.0 Å². The van der Waals surface area contributed by atoms with Gasteiger partial charge >= 0.3 is 0 Å². The van der Waals surface area contributed by atoms with Gasteiger partial charge in [-0.05, 0) is 43.9 Å². The van der Waals surface area contributed by atoms with Gasteiger partial charge < -0.3 is 10.0 Å². The van der Waals surface area contributed by atoms with Gasteiger partial charge in [0, 0.05) is 16.6 Å². The SMILES string of the molecule is Cc1c(Br)cccc1C(=O)N1CCCCC1CO. The van der Waals surface area contributed by atoms with Crippen LogP contribution in [0.15, 0.2) is 22.7 Å². The van der Waals surface area contributed by atoms with Crippen LogP contribution in [0.1, 0.15) is 35.2 Å². The highest BCUT2D eigenvalue weighted by atomic mass is 79.9. The average Bonchev–Trinajstić information content (AvgIpc) is 2.41. The molecule has 1 aliphatic rings. The van der Waals surface area contributed by atoms with Gasteiger partial charge in [-0.25, -0.2) is 0 Å². The zero-order valence-corrected chi connectivity index (χ0v) is 12.1. The van der Waals surface area contributed by atoms with Crippen molar-refractivity contribution in [2.45, 2.75) is 32.2 Å². The van der Waals surface area contributed by atoms with Crippen LogP contribution in [-0.4, -0.2) is 35.1 Å². The second kappa shape index (κ2) is 5.85. The highest BCUT2D eigenvalue weighted by Gasteiger charge is 2.27. The summed E-state index contributed by atoms with van der Waals surface area (Å²) in [6.07, 6.45) is 3.01. The van der Waals surface area contributed by atoms with Crippen molar-refractivity contribution in [1.82, 2.24) is 4.90 Å². The summed E-state index contributed by atoms with van der Waals surface area (Å²) >= 11 is 3.45. The minimum atomic E-state index is -0.0235. The monoisotopic (exact) mass is 311 g/mol. The van der Waals surface area contributed by atoms with E-state index < -0.39 is 0 Å². The maximum absolute atomic E-state index is 12.5. The molecule has 1 amide bonds. The lowest BCUT2D eigenvalue weighted by molar-refractivity contribution is 0.0502. The molecular weight excluding hydrogens is 294 g/mol. The summed E-state index contributed by atoms with van der Waals surface area (Å²) in [6, 6.07) is 5.64. The van der Waals surface area contributed by atoms with Crippen molar-refractivity contribution in [3.05, 3.63) is 33.8 Å². The van der Waals surface area contributed by atoms with E-state index in [1.54, 1.807) is 0 Å². The maximum atomic E-state index is 12.5. The smallest absolute Gasteiger partial charge is 0.254 e. The molecule has 2 rings (SSSR count). The van der Waals surface area contributed by atoms with Gasteiger partial charge in [-0.15, -0.1) is 0 Å². The van der Waals surface area contributed by atoms with E-state index in [9.17, 15) is 9.90 Å². The first-order valence-electron chi connectivity index (χ1n) is 6.32. The molecule has 4 heteroatoms. The Hall–Kier alpha value is -0.870. The topological polar surface area (TPSA) is 40.5 Å². The normalized spacial score (nSPS) is 19.9. The van der Waals surface area contributed by atoms with Crippen molar-refractivity contribution in [3.63, 3.8) is 0 Å². The Labute approximate surface area is 116 Å². The summed E-state index contributed by atoms with van der Waals surface area (Å²) in [5.41, 5.74) is 1.69. The molecule has 1 fully saturated rings. The quantitative estimate of drug-likeness (QED) is 0.912. The highest BCUT2D eigenvalue weighted by Crippen LogP contribution is 2.24. The third-order valence-corrected chi connectivity index (χ3v) is 4.46. The van der Waals surface area contributed by atoms with Crippen LogP contribution in [0.25, 0.3) is 0 Å². The number of likely N-dealkylation sites (tertiary alicyclic amines) is 1. The molecule has 1 N–H and O–H groups in total. The molecule has 0 bridgehead atoms. The van der Waals surface area contributed by atoms with Crippen LogP contribution in [-0.2, 0) is 0 Å². The van der Waals surface area contributed by atoms with Gasteiger partial charge in [0.05, 0.1) is 12.6 Å². The largest absolute Gasteiger partial charge is 0.394 e. The molecule has 1 aliphatic heterocycles. The van der Waals surface area contributed by atoms with Crippen LogP contribution in [0, 0.1) is 6.92 Å². The summed E-state index contributed by atoms with van der Waals surface area (Å²) < 4.78 is 0.950. The first-order valence-corrected chi connectivity index (χ1v) is 7.11. The van der Waals surface area contributed by atoms with Gasteiger partial charge in [0.25, 0.3) is 5.91 Å². The molecular formula is C14H18BrNO2. The number of aliphatic hydroxyl groups excluding tert-OH is 1. The van der Waals surface area contributed by atoms with E-state index in [1.165, 1.54) is 0 Å². The number of nitrogens with zero attached hydrogens (tertiary/aromatic N) is 1. The third-order valence-electron chi connectivity index (χ3n) is 3.60. The van der Waals surface area contributed by atoms with Crippen LogP contribution in [0.3, 0.4) is 0 Å². The fourth-order valence-corrected chi connectivity index (χ4v) is 2.82. The maximum Gasteiger partial charge on any atom is 0.254 e. The fourth-order valence-electron chi connectivity index (χ4n) is 2.45. The van der Waals surface area contributed by atoms with Crippen molar-refractivity contribution in [3.8, 4) is 0 Å². The van der Waals surface area contributed by atoms with Crippen LogP contribution in [0.2, 0.25) is 0 Å². The average molecular weight is 312 g/mol. The second-order valence-electron chi connectivity index (χ2n) is 4.74. The van der Waals surface area contributed by atoms with Crippen molar-refractivity contribution in [1.29, 1.82) is 0 Å². The molecule has 0 spiro atoms. The number of carbonyl (C=O) groups excluding carboxylic acids is 1. The first kappa shape index (κ1) is 13.6. The van der Waals surface area contributed by atoms with Gasteiger partial charge in [-0.2, -0.15) is 0 Å². The number of hydrogen-bond acceptors (Lipinski definition) is 2. The summed E-state index contributed by atoms with van der Waals surface area (Å²) in [6.45, 7) is 2.74. The van der Waals surface area contributed by atoms with Gasteiger partial charge in [0.15, 0.2) is 0 Å². The molecule has 1 aromatic rings. The number of piperidine rings is 1. The molecule has 0 radical (unpaired) electrons. The van der Waals surface area contributed by atoms with Crippen molar-refractivity contribution in [2.75, 3.05) is 13.2 Å². The van der Waals surface area contributed by atoms with E-state index in [0.29, 0.717) is 0 Å². The van der Waals surface area contributed by atoms with E-state index in [4.69, 9.17) is 0 Å². The summed E-state index contributed by atoms with van der Waals surface area (Å²) in [5.74, 6) is 0.0348. The number of aliphatic hydroxyl groups is 1. The number of halogens is 1. The molecule has 1 heterocycles. The van der Waals surface area contributed by atoms with E-state index >= 15 is 0 Å². The minimum Gasteiger partial charge on any atom is -0.394 e. The predicted octanol–water partition coefficient (Wildman–Crippen LogP) is 2.74. The number of amides is 1. The molecule has 0 aliphatic carbocycles. The van der Waals surface area contributed by atoms with Crippen molar-refractivity contribution >= 4 is 21.8 Å². The van der Waals surface area contributed by atoms with Crippen LogP contribution in [0.5, 0.6) is 0 Å². The molecule has 0 aromatic heterocycles. The number of benzene rings is 1. The lowest BCUT2D eigenvalue weighted by atomic mass is 10.00. The molecule has 1 aromatic carbocycles. The molecule has 18 heavy (non-hydrogen) atoms. The summed E-state index contributed by atoms with van der Waals surface area (Å²) in [7, 11) is 0. The molecule has 1 unspecified atom stereocenters. The predicted molar refractivity (Wildman–Crippen MR) is 74.6 cm³/mol. The summed E-state index contributed by atoms with van der Waals surface area (Å²) in [5, 5.41) is 9.38. The fraction of sp³-hybridized carbons (Fsp3) is 0.500. The zero-order chi connectivity index (χ0) is 13.1. The lowest BCUT2D eigenvalue weighted by Crippen LogP contribution is -2.45. The molecule has 1 atom stereocenters. The Morgan fingerprint density at radius 2 is 2.28 bits per heavy atom. The number of rotatable bonds is 2. The molecule has 3 nitrogen and oxygen atoms in total. The van der Waals surface area contributed by atoms with Gasteiger partial charge in [0.2, 0.25) is 0 Å². The Balaban J connectivity index is 2.27. The third kappa shape index (κ3) is 2.59. The van der Waals surface area contributed by atoms with Crippen LogP contribution < -0.4 is 0 Å². The Morgan fingerprint density at radius 1 is 1.50 bits per heavy atom. The highest BCUT2D eigenvalue weighted by molar-refractivity contribution is 9.10. The number of hydrogen-bond donors (Lipinski definition) is 1. The Kier molecular flexibility index (Phi) is 4.40. The number of carbonyl (C=O) groups is 1. The van der Waals surface area contributed by atoms with E-state index in [0.717, 1.165) is 41.4 Å². The Morgan fingerprint density at radius 3 is 3.00 bits per heavy atom. The van der Waals surface area contributed by atoms with Crippen molar-refractivity contribution < 1.29 is 9.90 Å². The standard InChI is InChI=1S/C14H18BrNO2/c1-10-12(6-4-7-13(10)15)14(18)16-8-3-2-5-11(16)9-17/h4,6-7,11,17H,2-3,5,8-9H2,1H3. The lowest BCUT2D eigenvalue weighted by Gasteiger charge is -2.35. The molecule has 98 valence electrons. The molecule has 0 saturated carbocycles. The van der Waals surface area contributed by atoms with Crippen molar-refractivity contribution in [2.24, 2.45) is 0 Å². The second-order valence-corrected chi connectivity index (χ2v) is 5.60. The van der Waals surface area contributed by atoms with Crippen LogP contribution >= 0.6 is 15.9 Å². The minimum absolute atomic E-state index is 0.0235. The first-order chi connectivity index (χ1) is 8.65. The van der Waals surface area contributed by atoms with Crippen LogP contribution in [0.4, 0.5) is 0 Å². The van der Waals surface area contributed by atoms with E-state index in [1.807, 2.05) is 30.0 Å². The van der Waals surface area contributed by atoms with Gasteiger partial charge in [0.1, 0.15) is 0 Å². The van der Waals surface area contributed by atoms with E-state index in [-0.39, 0.29) is 18.6 Å². The molecule has 1 saturated heterocycles. The summed E-state index contributed by atoms with van der Waals surface area (Å²) in [4.78, 5) is 14.4. The van der Waals surface area contributed by atoms with E-state index in [2.05, 4.69) is 15.9 Å². The Bertz CT molecular complexity index is 447. The van der Waals surface area contributed by atoms with Gasteiger partial charge in [-0.3, -0.25) is 4.79 Å².